The van der Waals surface area contributed by atoms with E-state index in [1.807, 2.05) is 0 Å². The van der Waals surface area contributed by atoms with Gasteiger partial charge in [-0.3, -0.25) is 4.79 Å². The van der Waals surface area contributed by atoms with Gasteiger partial charge in [-0.25, -0.2) is 0 Å². The normalized spacial score (nSPS) is 38.4. The molecule has 1 saturated carbocycles. The molecule has 3 nitrogen and oxygen atoms in total. The first-order valence-corrected chi connectivity index (χ1v) is 8.86. The molecule has 0 radical (unpaired) electrons. The number of hydrogen-bond acceptors (Lipinski definition) is 2. The Morgan fingerprint density at radius 3 is 2.70 bits per heavy atom. The van der Waals surface area contributed by atoms with Crippen LogP contribution in [0.15, 0.2) is 0 Å². The first kappa shape index (κ1) is 14.4. The van der Waals surface area contributed by atoms with Crippen LogP contribution in [0.2, 0.25) is 0 Å². The lowest BCUT2D eigenvalue weighted by Crippen LogP contribution is -2.58. The number of nitrogens with one attached hydrogen (secondary N) is 1. The fourth-order valence-corrected chi connectivity index (χ4v) is 4.61. The van der Waals surface area contributed by atoms with Crippen molar-refractivity contribution in [2.24, 2.45) is 5.92 Å². The lowest BCUT2D eigenvalue weighted by molar-refractivity contribution is -0.138. The highest BCUT2D eigenvalue weighted by Gasteiger charge is 2.37. The summed E-state index contributed by atoms with van der Waals surface area (Å²) in [6.07, 6.45) is 12.5. The molecule has 1 N–H and O–H groups in total. The van der Waals surface area contributed by atoms with Crippen LogP contribution in [0.3, 0.4) is 0 Å². The van der Waals surface area contributed by atoms with Gasteiger partial charge in [-0.2, -0.15) is 0 Å². The van der Waals surface area contributed by atoms with Crippen LogP contribution >= 0.6 is 0 Å². The molecule has 3 aliphatic rings. The van der Waals surface area contributed by atoms with Crippen LogP contribution in [-0.4, -0.2) is 35.5 Å². The molecular formula is C17H30N2O. The molecule has 3 heteroatoms. The van der Waals surface area contributed by atoms with E-state index < -0.39 is 0 Å². The van der Waals surface area contributed by atoms with E-state index in [0.717, 1.165) is 25.3 Å². The molecule has 0 aromatic carbocycles. The topological polar surface area (TPSA) is 32.3 Å². The second-order valence-electron chi connectivity index (χ2n) is 7.04. The Balaban J connectivity index is 1.61. The quantitative estimate of drug-likeness (QED) is 0.842. The van der Waals surface area contributed by atoms with E-state index in [1.54, 1.807) is 0 Å². The largest absolute Gasteiger partial charge is 0.338 e. The Kier molecular flexibility index (Phi) is 4.65. The molecule has 3 fully saturated rings. The summed E-state index contributed by atoms with van der Waals surface area (Å²) in [5, 5.41) is 3.71. The van der Waals surface area contributed by atoms with E-state index in [2.05, 4.69) is 17.1 Å². The minimum Gasteiger partial charge on any atom is -0.338 e. The lowest BCUT2D eigenvalue weighted by Gasteiger charge is -2.43. The second-order valence-corrected chi connectivity index (χ2v) is 7.04. The van der Waals surface area contributed by atoms with Crippen LogP contribution in [-0.2, 0) is 4.79 Å². The van der Waals surface area contributed by atoms with Crippen molar-refractivity contribution in [3.8, 4) is 0 Å². The van der Waals surface area contributed by atoms with Gasteiger partial charge in [0.1, 0.15) is 0 Å². The van der Waals surface area contributed by atoms with Crippen molar-refractivity contribution in [3.05, 3.63) is 0 Å². The van der Waals surface area contributed by atoms with Crippen molar-refractivity contribution in [1.29, 1.82) is 0 Å². The lowest BCUT2D eigenvalue weighted by atomic mass is 9.77. The molecule has 1 amide bonds. The van der Waals surface area contributed by atoms with Crippen molar-refractivity contribution < 1.29 is 4.79 Å². The number of likely N-dealkylation sites (tertiary alicyclic amines) is 1. The zero-order chi connectivity index (χ0) is 13.9. The second kappa shape index (κ2) is 6.46. The van der Waals surface area contributed by atoms with E-state index >= 15 is 0 Å². The van der Waals surface area contributed by atoms with E-state index in [9.17, 15) is 4.79 Å². The zero-order valence-electron chi connectivity index (χ0n) is 12.9. The minimum absolute atomic E-state index is 0.112. The SMILES string of the molecule is CCC1CCCCN1C(=O)C1CCC2CCCCC2N1. The number of piperidine rings is 2. The van der Waals surface area contributed by atoms with Crippen molar-refractivity contribution in [1.82, 2.24) is 10.2 Å². The molecule has 3 rings (SSSR count). The molecule has 4 unspecified atom stereocenters. The molecule has 0 aromatic heterocycles. The Morgan fingerprint density at radius 1 is 1.05 bits per heavy atom. The van der Waals surface area contributed by atoms with Gasteiger partial charge in [-0.1, -0.05) is 19.8 Å². The molecule has 114 valence electrons. The van der Waals surface area contributed by atoms with Crippen LogP contribution in [0.25, 0.3) is 0 Å². The van der Waals surface area contributed by atoms with Crippen molar-refractivity contribution in [3.63, 3.8) is 0 Å². The van der Waals surface area contributed by atoms with E-state index in [4.69, 9.17) is 0 Å². The standard InChI is InChI=1S/C17H30N2O/c1-2-14-8-5-6-12-19(14)17(20)16-11-10-13-7-3-4-9-15(13)18-16/h13-16,18H,2-12H2,1H3. The predicted molar refractivity (Wildman–Crippen MR) is 81.5 cm³/mol. The van der Waals surface area contributed by atoms with Gasteiger partial charge in [0.15, 0.2) is 0 Å². The summed E-state index contributed by atoms with van der Waals surface area (Å²) in [4.78, 5) is 15.1. The summed E-state index contributed by atoms with van der Waals surface area (Å²) in [5.74, 6) is 1.25. The third-order valence-corrected chi connectivity index (χ3v) is 5.83. The maximum atomic E-state index is 12.9. The Labute approximate surface area is 123 Å². The summed E-state index contributed by atoms with van der Waals surface area (Å²) in [6, 6.07) is 1.24. The first-order chi connectivity index (χ1) is 9.79. The van der Waals surface area contributed by atoms with Crippen LogP contribution in [0.1, 0.15) is 71.1 Å². The average molecular weight is 278 g/mol. The maximum Gasteiger partial charge on any atom is 0.239 e. The average Bonchev–Trinajstić information content (AvgIpc) is 2.53. The Hall–Kier alpha value is -0.570. The van der Waals surface area contributed by atoms with Crippen molar-refractivity contribution >= 4 is 5.91 Å². The Bertz CT molecular complexity index is 344. The smallest absolute Gasteiger partial charge is 0.239 e. The van der Waals surface area contributed by atoms with Crippen LogP contribution in [0.4, 0.5) is 0 Å². The first-order valence-electron chi connectivity index (χ1n) is 8.86. The molecule has 0 spiro atoms. The predicted octanol–water partition coefficient (Wildman–Crippen LogP) is 3.09. The minimum atomic E-state index is 0.112. The van der Waals surface area contributed by atoms with Crippen molar-refractivity contribution in [2.75, 3.05) is 6.54 Å². The van der Waals surface area contributed by atoms with Gasteiger partial charge in [0.05, 0.1) is 6.04 Å². The van der Waals surface area contributed by atoms with E-state index in [1.165, 1.54) is 51.4 Å². The van der Waals surface area contributed by atoms with Crippen molar-refractivity contribution in [2.45, 2.75) is 89.3 Å². The fraction of sp³-hybridized carbons (Fsp3) is 0.941. The number of fused-ring (bicyclic) bond motifs is 1. The Morgan fingerprint density at radius 2 is 1.85 bits per heavy atom. The highest BCUT2D eigenvalue weighted by atomic mass is 16.2. The van der Waals surface area contributed by atoms with Gasteiger partial charge in [0, 0.05) is 18.6 Å². The third-order valence-electron chi connectivity index (χ3n) is 5.83. The summed E-state index contributed by atoms with van der Waals surface area (Å²) in [6.45, 7) is 3.21. The number of carbonyl (C=O) groups is 1. The van der Waals surface area contributed by atoms with E-state index in [-0.39, 0.29) is 6.04 Å². The van der Waals surface area contributed by atoms with Gasteiger partial charge in [-0.15, -0.1) is 0 Å². The molecule has 20 heavy (non-hydrogen) atoms. The van der Waals surface area contributed by atoms with Gasteiger partial charge in [0.25, 0.3) is 0 Å². The number of carbonyl (C=O) groups excluding carboxylic acids is 1. The fourth-order valence-electron chi connectivity index (χ4n) is 4.61. The summed E-state index contributed by atoms with van der Waals surface area (Å²) < 4.78 is 0. The van der Waals surface area contributed by atoms with Gasteiger partial charge < -0.3 is 10.2 Å². The third kappa shape index (κ3) is 2.88. The highest BCUT2D eigenvalue weighted by Crippen LogP contribution is 2.33. The molecule has 2 heterocycles. The van der Waals surface area contributed by atoms with Gasteiger partial charge >= 0.3 is 0 Å². The molecule has 0 aromatic rings. The molecule has 0 bridgehead atoms. The van der Waals surface area contributed by atoms with Crippen LogP contribution in [0.5, 0.6) is 0 Å². The van der Waals surface area contributed by atoms with Crippen LogP contribution in [0, 0.1) is 5.92 Å². The molecule has 2 saturated heterocycles. The number of nitrogens with zero attached hydrogens (tertiary/aromatic N) is 1. The van der Waals surface area contributed by atoms with E-state index in [0.29, 0.717) is 18.0 Å². The number of hydrogen-bond donors (Lipinski definition) is 1. The maximum absolute atomic E-state index is 12.9. The molecule has 2 aliphatic heterocycles. The summed E-state index contributed by atoms with van der Waals surface area (Å²) in [7, 11) is 0. The van der Waals surface area contributed by atoms with Gasteiger partial charge in [0.2, 0.25) is 5.91 Å². The highest BCUT2D eigenvalue weighted by molar-refractivity contribution is 5.82. The molecule has 4 atom stereocenters. The molecule has 1 aliphatic carbocycles. The number of rotatable bonds is 2. The number of amides is 1. The summed E-state index contributed by atoms with van der Waals surface area (Å²) in [5.41, 5.74) is 0. The molecular weight excluding hydrogens is 248 g/mol. The van der Waals surface area contributed by atoms with Gasteiger partial charge in [-0.05, 0) is 57.3 Å². The monoisotopic (exact) mass is 278 g/mol. The summed E-state index contributed by atoms with van der Waals surface area (Å²) >= 11 is 0. The zero-order valence-corrected chi connectivity index (χ0v) is 12.9. The van der Waals surface area contributed by atoms with Crippen LogP contribution < -0.4 is 5.32 Å².